The summed E-state index contributed by atoms with van der Waals surface area (Å²) in [4.78, 5) is 6.90. The molecule has 5 heteroatoms. The number of thioether (sulfide) groups is 1. The van der Waals surface area contributed by atoms with Gasteiger partial charge in [-0.2, -0.15) is 11.8 Å². The van der Waals surface area contributed by atoms with Crippen molar-refractivity contribution in [2.45, 2.75) is 25.4 Å². The van der Waals surface area contributed by atoms with Gasteiger partial charge in [-0.3, -0.25) is 4.90 Å². The van der Waals surface area contributed by atoms with Crippen LogP contribution in [-0.2, 0) is 6.54 Å². The van der Waals surface area contributed by atoms with E-state index < -0.39 is 0 Å². The third kappa shape index (κ3) is 2.90. The lowest BCUT2D eigenvalue weighted by molar-refractivity contribution is 0.287. The number of imidazole rings is 1. The van der Waals surface area contributed by atoms with E-state index in [9.17, 15) is 0 Å². The van der Waals surface area contributed by atoms with Gasteiger partial charge in [0.05, 0.1) is 12.0 Å². The van der Waals surface area contributed by atoms with E-state index in [2.05, 4.69) is 31.5 Å². The minimum atomic E-state index is 0.532. The van der Waals surface area contributed by atoms with E-state index in [1.807, 2.05) is 12.5 Å². The van der Waals surface area contributed by atoms with Gasteiger partial charge in [-0.25, -0.2) is 4.98 Å². The van der Waals surface area contributed by atoms with Crippen LogP contribution in [-0.4, -0.2) is 52.1 Å². The lowest BCUT2D eigenvalue weighted by atomic mass is 10.2. The van der Waals surface area contributed by atoms with Crippen LogP contribution < -0.4 is 5.32 Å². The summed E-state index contributed by atoms with van der Waals surface area (Å²) in [5, 5.41) is 3.56. The van der Waals surface area contributed by atoms with Gasteiger partial charge in [0, 0.05) is 49.9 Å². The lowest BCUT2D eigenvalue weighted by Crippen LogP contribution is -2.35. The molecule has 0 aliphatic carbocycles. The van der Waals surface area contributed by atoms with Crippen molar-refractivity contribution in [3.8, 4) is 0 Å². The molecule has 0 spiro atoms. The lowest BCUT2D eigenvalue weighted by Gasteiger charge is -2.26. The number of nitrogens with one attached hydrogen (secondary N) is 1. The maximum absolute atomic E-state index is 4.33. The van der Waals surface area contributed by atoms with Crippen molar-refractivity contribution in [2.24, 2.45) is 0 Å². The number of aromatic nitrogens is 2. The van der Waals surface area contributed by atoms with Gasteiger partial charge in [0.1, 0.15) is 0 Å². The Bertz CT molecular complexity index is 367. The van der Waals surface area contributed by atoms with E-state index >= 15 is 0 Å². The van der Waals surface area contributed by atoms with Crippen molar-refractivity contribution >= 4 is 11.8 Å². The molecule has 1 aromatic rings. The molecule has 100 valence electrons. The molecule has 1 aromatic heterocycles. The largest absolute Gasteiger partial charge is 0.332 e. The molecule has 2 fully saturated rings. The molecule has 0 amide bonds. The van der Waals surface area contributed by atoms with E-state index in [1.54, 1.807) is 0 Å². The molecule has 1 N–H and O–H groups in total. The highest BCUT2D eigenvalue weighted by Gasteiger charge is 2.20. The van der Waals surface area contributed by atoms with Crippen LogP contribution in [0.1, 0.15) is 24.6 Å². The molecule has 3 rings (SSSR count). The summed E-state index contributed by atoms with van der Waals surface area (Å²) >= 11 is 2.07. The SMILES string of the molecule is c1ncn(CCN2CCSCC2)c1C1CCCN1. The molecule has 2 aliphatic rings. The minimum absolute atomic E-state index is 0.532. The van der Waals surface area contributed by atoms with Gasteiger partial charge in [0.2, 0.25) is 0 Å². The Kier molecular flexibility index (Phi) is 4.23. The summed E-state index contributed by atoms with van der Waals surface area (Å²) in [5.41, 5.74) is 1.37. The molecule has 18 heavy (non-hydrogen) atoms. The normalized spacial score (nSPS) is 25.7. The average molecular weight is 266 g/mol. The van der Waals surface area contributed by atoms with Gasteiger partial charge >= 0.3 is 0 Å². The first-order chi connectivity index (χ1) is 8.93. The summed E-state index contributed by atoms with van der Waals surface area (Å²) in [5.74, 6) is 2.59. The van der Waals surface area contributed by atoms with Crippen LogP contribution in [0.3, 0.4) is 0 Å². The Hall–Kier alpha value is -0.520. The van der Waals surface area contributed by atoms with Crippen molar-refractivity contribution in [3.63, 3.8) is 0 Å². The fourth-order valence-corrected chi connectivity index (χ4v) is 3.80. The molecule has 4 nitrogen and oxygen atoms in total. The molecular weight excluding hydrogens is 244 g/mol. The molecule has 1 atom stereocenters. The first kappa shape index (κ1) is 12.5. The van der Waals surface area contributed by atoms with E-state index in [1.165, 1.54) is 43.1 Å². The van der Waals surface area contributed by atoms with Gasteiger partial charge in [0.15, 0.2) is 0 Å². The van der Waals surface area contributed by atoms with Gasteiger partial charge in [-0.05, 0) is 19.4 Å². The first-order valence-electron chi connectivity index (χ1n) is 6.97. The minimum Gasteiger partial charge on any atom is -0.332 e. The van der Waals surface area contributed by atoms with Crippen molar-refractivity contribution in [3.05, 3.63) is 18.2 Å². The second-order valence-corrected chi connectivity index (χ2v) is 6.34. The standard InChI is InChI=1S/C13H22N4S/c1-2-12(15-3-1)13-10-14-11-17(13)5-4-16-6-8-18-9-7-16/h10-12,15H,1-9H2. The van der Waals surface area contributed by atoms with Crippen LogP contribution in [0.15, 0.2) is 12.5 Å². The first-order valence-corrected chi connectivity index (χ1v) is 8.12. The van der Waals surface area contributed by atoms with Crippen LogP contribution in [0.2, 0.25) is 0 Å². The quantitative estimate of drug-likeness (QED) is 0.892. The fourth-order valence-electron chi connectivity index (χ4n) is 2.82. The van der Waals surface area contributed by atoms with Crippen LogP contribution in [0.25, 0.3) is 0 Å². The third-order valence-corrected chi connectivity index (χ3v) is 4.87. The highest BCUT2D eigenvalue weighted by atomic mass is 32.2. The van der Waals surface area contributed by atoms with Gasteiger partial charge in [-0.1, -0.05) is 0 Å². The smallest absolute Gasteiger partial charge is 0.0949 e. The summed E-state index contributed by atoms with van der Waals surface area (Å²) in [6.07, 6.45) is 6.58. The Morgan fingerprint density at radius 1 is 1.33 bits per heavy atom. The van der Waals surface area contributed by atoms with Crippen LogP contribution >= 0.6 is 11.8 Å². The summed E-state index contributed by atoms with van der Waals surface area (Å²) in [6, 6.07) is 0.532. The molecule has 2 saturated heterocycles. The van der Waals surface area contributed by atoms with Crippen molar-refractivity contribution < 1.29 is 0 Å². The second-order valence-electron chi connectivity index (χ2n) is 5.11. The topological polar surface area (TPSA) is 33.1 Å². The summed E-state index contributed by atoms with van der Waals surface area (Å²) in [6.45, 7) is 5.89. The molecule has 3 heterocycles. The van der Waals surface area contributed by atoms with E-state index in [0.717, 1.165) is 19.6 Å². The zero-order chi connectivity index (χ0) is 12.2. The molecule has 2 aliphatic heterocycles. The number of hydrogen-bond acceptors (Lipinski definition) is 4. The number of rotatable bonds is 4. The van der Waals surface area contributed by atoms with Gasteiger partial charge in [0.25, 0.3) is 0 Å². The summed E-state index contributed by atoms with van der Waals surface area (Å²) in [7, 11) is 0. The average Bonchev–Trinajstić information content (AvgIpc) is 3.08. The molecular formula is C13H22N4S. The van der Waals surface area contributed by atoms with Crippen LogP contribution in [0, 0.1) is 0 Å². The summed E-state index contributed by atoms with van der Waals surface area (Å²) < 4.78 is 2.34. The van der Waals surface area contributed by atoms with Gasteiger partial charge in [-0.15, -0.1) is 0 Å². The monoisotopic (exact) mass is 266 g/mol. The van der Waals surface area contributed by atoms with Gasteiger partial charge < -0.3 is 9.88 Å². The molecule has 0 radical (unpaired) electrons. The molecule has 0 aromatic carbocycles. The fraction of sp³-hybridized carbons (Fsp3) is 0.769. The van der Waals surface area contributed by atoms with E-state index in [0.29, 0.717) is 6.04 Å². The van der Waals surface area contributed by atoms with Crippen LogP contribution in [0.5, 0.6) is 0 Å². The molecule has 1 unspecified atom stereocenters. The number of hydrogen-bond donors (Lipinski definition) is 1. The predicted molar refractivity (Wildman–Crippen MR) is 76.0 cm³/mol. The highest BCUT2D eigenvalue weighted by molar-refractivity contribution is 7.99. The second kappa shape index (κ2) is 6.08. The molecule has 0 bridgehead atoms. The Labute approximate surface area is 113 Å². The maximum Gasteiger partial charge on any atom is 0.0949 e. The zero-order valence-corrected chi connectivity index (χ0v) is 11.7. The Morgan fingerprint density at radius 3 is 3.00 bits per heavy atom. The zero-order valence-electron chi connectivity index (χ0n) is 10.8. The highest BCUT2D eigenvalue weighted by Crippen LogP contribution is 2.22. The van der Waals surface area contributed by atoms with Crippen LogP contribution in [0.4, 0.5) is 0 Å². The third-order valence-electron chi connectivity index (χ3n) is 3.92. The maximum atomic E-state index is 4.33. The van der Waals surface area contributed by atoms with Crippen molar-refractivity contribution in [2.75, 3.05) is 37.7 Å². The Balaban J connectivity index is 1.56. The molecule has 0 saturated carbocycles. The van der Waals surface area contributed by atoms with E-state index in [4.69, 9.17) is 0 Å². The van der Waals surface area contributed by atoms with Crippen molar-refractivity contribution in [1.29, 1.82) is 0 Å². The Morgan fingerprint density at radius 2 is 2.22 bits per heavy atom. The van der Waals surface area contributed by atoms with Crippen molar-refractivity contribution in [1.82, 2.24) is 19.8 Å². The van der Waals surface area contributed by atoms with E-state index in [-0.39, 0.29) is 0 Å². The predicted octanol–water partition coefficient (Wildman–Crippen LogP) is 1.36. The number of nitrogens with zero attached hydrogens (tertiary/aromatic N) is 3.